The van der Waals surface area contributed by atoms with Gasteiger partial charge in [0.2, 0.25) is 0 Å². The smallest absolute Gasteiger partial charge is 0.198 e. The summed E-state index contributed by atoms with van der Waals surface area (Å²) in [7, 11) is 0.379. The maximum absolute atomic E-state index is 6.41. The molecule has 1 fully saturated rings. The monoisotopic (exact) mass is 248 g/mol. The van der Waals surface area contributed by atoms with Crippen molar-refractivity contribution in [2.24, 2.45) is 0 Å². The predicted octanol–water partition coefficient (Wildman–Crippen LogP) is 3.84. The Labute approximate surface area is 93.3 Å². The van der Waals surface area contributed by atoms with Crippen LogP contribution in [0.1, 0.15) is 20.8 Å². The highest BCUT2D eigenvalue weighted by Crippen LogP contribution is 2.58. The van der Waals surface area contributed by atoms with E-state index < -0.39 is 16.4 Å². The second-order valence-electron chi connectivity index (χ2n) is 6.90. The highest BCUT2D eigenvalue weighted by Gasteiger charge is 2.62. The van der Waals surface area contributed by atoms with Gasteiger partial charge in [0, 0.05) is 0 Å². The van der Waals surface area contributed by atoms with Gasteiger partial charge in [0.25, 0.3) is 0 Å². The number of hydrogen-bond acceptors (Lipinski definition) is 1. The quantitative estimate of drug-likeness (QED) is 0.506. The van der Waals surface area contributed by atoms with Gasteiger partial charge in [-0.1, -0.05) is 40.4 Å². The second kappa shape index (κ2) is 3.16. The maximum Gasteiger partial charge on any atom is 0.198 e. The first-order chi connectivity index (χ1) is 5.91. The topological polar surface area (TPSA) is 9.23 Å². The van der Waals surface area contributed by atoms with Crippen LogP contribution in [0.2, 0.25) is 37.3 Å². The van der Waals surface area contributed by atoms with Gasteiger partial charge in [0.05, 0.1) is 13.0 Å². The van der Waals surface area contributed by atoms with Crippen LogP contribution in [0.5, 0.6) is 0 Å². The van der Waals surface area contributed by atoms with E-state index in [0.29, 0.717) is 5.04 Å². The summed E-state index contributed by atoms with van der Waals surface area (Å²) in [6.07, 6.45) is 0. The molecule has 0 aromatic heterocycles. The first kappa shape index (κ1) is 12.9. The second-order valence-corrected chi connectivity index (χ2v) is 18.3. The third-order valence-corrected chi connectivity index (χ3v) is 16.0. The fraction of sp³-hybridized carbons (Fsp3) is 1.00. The van der Waals surface area contributed by atoms with Crippen LogP contribution in [0.4, 0.5) is 0 Å². The Balaban J connectivity index is 2.76. The van der Waals surface area contributed by atoms with Crippen molar-refractivity contribution >= 4 is 25.6 Å². The van der Waals surface area contributed by atoms with Crippen LogP contribution in [0.15, 0.2) is 0 Å². The molecule has 0 N–H and O–H groups in total. The van der Waals surface area contributed by atoms with Crippen LogP contribution >= 0.6 is 9.24 Å². The van der Waals surface area contributed by atoms with Crippen molar-refractivity contribution in [2.75, 3.05) is 0 Å². The molecule has 0 spiro atoms. The Morgan fingerprint density at radius 1 is 1.29 bits per heavy atom. The summed E-state index contributed by atoms with van der Waals surface area (Å²) in [6, 6.07) is 1.32. The molecule has 0 radical (unpaired) electrons. The van der Waals surface area contributed by atoms with Crippen LogP contribution in [-0.4, -0.2) is 21.4 Å². The molecule has 3 atom stereocenters. The van der Waals surface area contributed by atoms with Crippen molar-refractivity contribution in [3.05, 3.63) is 0 Å². The summed E-state index contributed by atoms with van der Waals surface area (Å²) in [5.74, 6) is 0. The molecule has 1 aliphatic heterocycles. The Hall–Kier alpha value is 0.824. The van der Waals surface area contributed by atoms with Gasteiger partial charge in [-0.2, -0.15) is 0 Å². The first-order valence-corrected chi connectivity index (χ1v) is 12.1. The lowest BCUT2D eigenvalue weighted by atomic mass is 10.2. The average Bonchev–Trinajstić information content (AvgIpc) is 1.78. The van der Waals surface area contributed by atoms with Crippen molar-refractivity contribution in [2.45, 2.75) is 63.0 Å². The van der Waals surface area contributed by atoms with E-state index in [4.69, 9.17) is 4.43 Å². The molecular weight excluding hydrogens is 223 g/mol. The highest BCUT2D eigenvalue weighted by molar-refractivity contribution is 7.28. The number of rotatable bonds is 1. The molecule has 0 aliphatic carbocycles. The van der Waals surface area contributed by atoms with Gasteiger partial charge < -0.3 is 4.43 Å². The molecule has 1 aliphatic rings. The Bertz CT molecular complexity index is 209. The Morgan fingerprint density at radius 2 is 1.64 bits per heavy atom. The van der Waals surface area contributed by atoms with Crippen LogP contribution in [0.25, 0.3) is 0 Å². The van der Waals surface area contributed by atoms with E-state index in [2.05, 4.69) is 56.2 Å². The molecule has 1 heterocycles. The summed E-state index contributed by atoms with van der Waals surface area (Å²) < 4.78 is 6.41. The molecule has 84 valence electrons. The normalized spacial score (nSPS) is 39.4. The Kier molecular flexibility index (Phi) is 2.91. The zero-order valence-electron chi connectivity index (χ0n) is 10.7. The van der Waals surface area contributed by atoms with Gasteiger partial charge in [-0.15, -0.1) is 9.24 Å². The molecular formula is C10H25OPSi2. The number of hydrogen-bond donors (Lipinski definition) is 0. The van der Waals surface area contributed by atoms with Gasteiger partial charge in [0.1, 0.15) is 0 Å². The third-order valence-electron chi connectivity index (χ3n) is 3.86. The summed E-state index contributed by atoms with van der Waals surface area (Å²) in [6.45, 7) is 16.6. The van der Waals surface area contributed by atoms with E-state index in [1.807, 2.05) is 0 Å². The minimum atomic E-state index is -1.43. The fourth-order valence-electron chi connectivity index (χ4n) is 1.73. The zero-order chi connectivity index (χ0) is 11.4. The van der Waals surface area contributed by atoms with Gasteiger partial charge in [-0.25, -0.2) is 0 Å². The van der Waals surface area contributed by atoms with Crippen LogP contribution in [0.3, 0.4) is 0 Å². The predicted molar refractivity (Wildman–Crippen MR) is 73.0 cm³/mol. The molecule has 0 aromatic rings. The standard InChI is InChI=1S/C10H25OPSi2/c1-9(2,3)14(7)8-10(12,11-14)13(4,5)6/h8,12H2,1-7H3/t10-,14?/m0/s1. The highest BCUT2D eigenvalue weighted by atomic mass is 31.0. The fourth-order valence-corrected chi connectivity index (χ4v) is 11.3. The third kappa shape index (κ3) is 1.89. The lowest BCUT2D eigenvalue weighted by Gasteiger charge is -2.62. The zero-order valence-corrected chi connectivity index (χ0v) is 13.8. The summed E-state index contributed by atoms with van der Waals surface area (Å²) >= 11 is 0. The first-order valence-electron chi connectivity index (χ1n) is 5.40. The molecule has 0 saturated carbocycles. The van der Waals surface area contributed by atoms with E-state index >= 15 is 0 Å². The SMILES string of the molecule is CC(C)(C)[Si]1(C)C[C@](P)([Si](C)(C)C)O1. The average molecular weight is 248 g/mol. The summed E-state index contributed by atoms with van der Waals surface area (Å²) in [5, 5.41) is 0.382. The minimum absolute atomic E-state index is 0.168. The lowest BCUT2D eigenvalue weighted by Crippen LogP contribution is -2.70. The largest absolute Gasteiger partial charge is 0.411 e. The van der Waals surface area contributed by atoms with Crippen LogP contribution < -0.4 is 0 Å². The van der Waals surface area contributed by atoms with Crippen molar-refractivity contribution in [1.29, 1.82) is 0 Å². The molecule has 4 heteroatoms. The van der Waals surface area contributed by atoms with Crippen molar-refractivity contribution in [3.63, 3.8) is 0 Å². The van der Waals surface area contributed by atoms with Crippen LogP contribution in [-0.2, 0) is 4.43 Å². The van der Waals surface area contributed by atoms with E-state index in [9.17, 15) is 0 Å². The van der Waals surface area contributed by atoms with Crippen molar-refractivity contribution in [1.82, 2.24) is 0 Å². The molecule has 0 bridgehead atoms. The minimum Gasteiger partial charge on any atom is -0.411 e. The van der Waals surface area contributed by atoms with E-state index in [0.717, 1.165) is 0 Å². The molecule has 1 nitrogen and oxygen atoms in total. The van der Waals surface area contributed by atoms with Gasteiger partial charge in [-0.3, -0.25) is 0 Å². The van der Waals surface area contributed by atoms with Crippen molar-refractivity contribution in [3.8, 4) is 0 Å². The maximum atomic E-state index is 6.41. The molecule has 14 heavy (non-hydrogen) atoms. The summed E-state index contributed by atoms with van der Waals surface area (Å²) in [4.78, 5) is 0.168. The van der Waals surface area contributed by atoms with Crippen molar-refractivity contribution < 1.29 is 4.43 Å². The van der Waals surface area contributed by atoms with E-state index in [-0.39, 0.29) is 4.97 Å². The molecule has 1 saturated heterocycles. The Morgan fingerprint density at radius 3 is 1.86 bits per heavy atom. The molecule has 0 aromatic carbocycles. The lowest BCUT2D eigenvalue weighted by molar-refractivity contribution is 0.156. The molecule has 1 rings (SSSR count). The molecule has 2 unspecified atom stereocenters. The van der Waals surface area contributed by atoms with E-state index in [1.54, 1.807) is 0 Å². The van der Waals surface area contributed by atoms with Crippen LogP contribution in [0, 0.1) is 0 Å². The van der Waals surface area contributed by atoms with E-state index in [1.165, 1.54) is 6.04 Å². The van der Waals surface area contributed by atoms with Gasteiger partial charge in [0.15, 0.2) is 8.32 Å². The van der Waals surface area contributed by atoms with Gasteiger partial charge >= 0.3 is 0 Å². The molecule has 0 amide bonds. The summed E-state index contributed by atoms with van der Waals surface area (Å²) in [5.41, 5.74) is 0. The van der Waals surface area contributed by atoms with Gasteiger partial charge in [-0.05, 0) is 17.6 Å².